The van der Waals surface area contributed by atoms with Crippen LogP contribution in [0.25, 0.3) is 0 Å². The highest BCUT2D eigenvalue weighted by Crippen LogP contribution is 2.29. The van der Waals surface area contributed by atoms with Gasteiger partial charge in [0, 0.05) is 11.9 Å². The number of carbonyl (C=O) groups is 1. The highest BCUT2D eigenvalue weighted by atomic mass is 32.1. The van der Waals surface area contributed by atoms with Gasteiger partial charge < -0.3 is 5.32 Å². The van der Waals surface area contributed by atoms with Crippen LogP contribution in [0, 0.1) is 18.3 Å². The Kier molecular flexibility index (Phi) is 4.70. The molecule has 4 nitrogen and oxygen atoms in total. The van der Waals surface area contributed by atoms with Gasteiger partial charge >= 0.3 is 0 Å². The van der Waals surface area contributed by atoms with Gasteiger partial charge in [-0.05, 0) is 36.6 Å². The predicted octanol–water partition coefficient (Wildman–Crippen LogP) is 4.16. The quantitative estimate of drug-likeness (QED) is 0.918. The van der Waals surface area contributed by atoms with Gasteiger partial charge in [0.15, 0.2) is 0 Å². The van der Waals surface area contributed by atoms with E-state index in [1.54, 1.807) is 18.3 Å². The first-order valence-electron chi connectivity index (χ1n) is 7.26. The molecule has 0 spiro atoms. The summed E-state index contributed by atoms with van der Waals surface area (Å²) in [6.45, 7) is 8.19. The number of nitrogens with one attached hydrogen (secondary N) is 1. The van der Waals surface area contributed by atoms with Crippen molar-refractivity contribution in [3.05, 3.63) is 33.5 Å². The molecule has 6 heteroatoms. The van der Waals surface area contributed by atoms with Gasteiger partial charge in [-0.2, -0.15) is 9.49 Å². The van der Waals surface area contributed by atoms with E-state index in [-0.39, 0.29) is 11.0 Å². The molecule has 1 N–H and O–H groups in total. The zero-order chi connectivity index (χ0) is 16.5. The minimum atomic E-state index is -0.610. The van der Waals surface area contributed by atoms with Gasteiger partial charge in [-0.15, -0.1) is 11.3 Å². The lowest BCUT2D eigenvalue weighted by atomic mass is 9.90. The van der Waals surface area contributed by atoms with Crippen molar-refractivity contribution in [1.82, 2.24) is 9.78 Å². The van der Waals surface area contributed by atoms with Gasteiger partial charge in [-0.25, -0.2) is 4.68 Å². The zero-order valence-electron chi connectivity index (χ0n) is 13.7. The van der Waals surface area contributed by atoms with Crippen molar-refractivity contribution in [2.45, 2.75) is 40.5 Å². The normalized spacial score (nSPS) is 11.7. The average molecular weight is 323 g/mol. The SMILES string of the molecule is Cc1nn(C)c(F)c1C(=O)Nc1ccsc1CCC(C)(C)C. The molecule has 2 heterocycles. The van der Waals surface area contributed by atoms with E-state index >= 15 is 0 Å². The van der Waals surface area contributed by atoms with E-state index in [4.69, 9.17) is 0 Å². The number of aromatic nitrogens is 2. The Labute approximate surface area is 134 Å². The Morgan fingerprint density at radius 1 is 1.45 bits per heavy atom. The molecule has 0 fully saturated rings. The lowest BCUT2D eigenvalue weighted by Crippen LogP contribution is -2.15. The molecule has 1 amide bonds. The van der Waals surface area contributed by atoms with E-state index in [0.717, 1.165) is 28.1 Å². The van der Waals surface area contributed by atoms with Crippen molar-refractivity contribution in [3.8, 4) is 0 Å². The Bertz CT molecular complexity index is 682. The van der Waals surface area contributed by atoms with Crippen molar-refractivity contribution in [3.63, 3.8) is 0 Å². The molecule has 0 aromatic carbocycles. The van der Waals surface area contributed by atoms with E-state index in [2.05, 4.69) is 31.2 Å². The van der Waals surface area contributed by atoms with Crippen LogP contribution in [0.4, 0.5) is 10.1 Å². The van der Waals surface area contributed by atoms with Gasteiger partial charge in [0.25, 0.3) is 5.91 Å². The average Bonchev–Trinajstić information content (AvgIpc) is 2.92. The number of thiophene rings is 1. The molecule has 2 aromatic rings. The Balaban J connectivity index is 2.14. The summed E-state index contributed by atoms with van der Waals surface area (Å²) in [5.74, 6) is -1.06. The lowest BCUT2D eigenvalue weighted by Gasteiger charge is -2.17. The second-order valence-electron chi connectivity index (χ2n) is 6.65. The monoisotopic (exact) mass is 323 g/mol. The molecule has 0 radical (unpaired) electrons. The molecule has 0 bridgehead atoms. The Morgan fingerprint density at radius 2 is 2.14 bits per heavy atom. The maximum atomic E-state index is 13.9. The summed E-state index contributed by atoms with van der Waals surface area (Å²) < 4.78 is 15.0. The van der Waals surface area contributed by atoms with Crippen LogP contribution in [-0.2, 0) is 13.5 Å². The molecular weight excluding hydrogens is 301 g/mol. The molecular formula is C16H22FN3OS. The van der Waals surface area contributed by atoms with Gasteiger partial charge in [-0.3, -0.25) is 4.79 Å². The van der Waals surface area contributed by atoms with Crippen LogP contribution in [0.1, 0.15) is 48.1 Å². The van der Waals surface area contributed by atoms with E-state index in [1.165, 1.54) is 7.05 Å². The number of amides is 1. The van der Waals surface area contributed by atoms with E-state index in [1.807, 2.05) is 11.4 Å². The molecule has 2 rings (SSSR count). The topological polar surface area (TPSA) is 46.9 Å². The number of halogens is 1. The fourth-order valence-electron chi connectivity index (χ4n) is 2.21. The molecule has 0 aliphatic carbocycles. The third kappa shape index (κ3) is 3.74. The predicted molar refractivity (Wildman–Crippen MR) is 88.0 cm³/mol. The van der Waals surface area contributed by atoms with Crippen molar-refractivity contribution in [1.29, 1.82) is 0 Å². The van der Waals surface area contributed by atoms with E-state index in [9.17, 15) is 9.18 Å². The number of rotatable bonds is 4. The van der Waals surface area contributed by atoms with Crippen LogP contribution in [0.3, 0.4) is 0 Å². The molecule has 0 saturated heterocycles. The van der Waals surface area contributed by atoms with Crippen LogP contribution in [0.5, 0.6) is 0 Å². The highest BCUT2D eigenvalue weighted by Gasteiger charge is 2.21. The number of carbonyl (C=O) groups excluding carboxylic acids is 1. The summed E-state index contributed by atoms with van der Waals surface area (Å²) in [5, 5.41) is 8.70. The van der Waals surface area contributed by atoms with Crippen molar-refractivity contribution >= 4 is 22.9 Å². The standard InChI is InChI=1S/C16H22FN3OS/c1-10-13(14(17)20(5)19-10)15(21)18-11-7-9-22-12(11)6-8-16(2,3)4/h7,9H,6,8H2,1-5H3,(H,18,21). The Morgan fingerprint density at radius 3 is 2.68 bits per heavy atom. The van der Waals surface area contributed by atoms with Crippen LogP contribution in [0.15, 0.2) is 11.4 Å². The van der Waals surface area contributed by atoms with Crippen LogP contribution in [0.2, 0.25) is 0 Å². The summed E-state index contributed by atoms with van der Waals surface area (Å²) in [7, 11) is 1.48. The van der Waals surface area contributed by atoms with Crippen molar-refractivity contribution in [2.24, 2.45) is 12.5 Å². The summed E-state index contributed by atoms with van der Waals surface area (Å²) in [5.41, 5.74) is 1.40. The zero-order valence-corrected chi connectivity index (χ0v) is 14.5. The first-order valence-corrected chi connectivity index (χ1v) is 8.14. The van der Waals surface area contributed by atoms with Crippen molar-refractivity contribution < 1.29 is 9.18 Å². The fraction of sp³-hybridized carbons (Fsp3) is 0.500. The largest absolute Gasteiger partial charge is 0.321 e. The lowest BCUT2D eigenvalue weighted by molar-refractivity contribution is 0.102. The van der Waals surface area contributed by atoms with Gasteiger partial charge in [0.1, 0.15) is 5.56 Å². The van der Waals surface area contributed by atoms with Gasteiger partial charge in [-0.1, -0.05) is 20.8 Å². The number of nitrogens with zero attached hydrogens (tertiary/aromatic N) is 2. The summed E-state index contributed by atoms with van der Waals surface area (Å²) in [6.07, 6.45) is 1.92. The first-order chi connectivity index (χ1) is 10.2. The third-order valence-corrected chi connectivity index (χ3v) is 4.46. The molecule has 0 aliphatic heterocycles. The summed E-state index contributed by atoms with van der Waals surface area (Å²) in [4.78, 5) is 13.4. The van der Waals surface area contributed by atoms with Crippen LogP contribution < -0.4 is 5.32 Å². The maximum absolute atomic E-state index is 13.9. The number of hydrogen-bond acceptors (Lipinski definition) is 3. The van der Waals surface area contributed by atoms with Crippen LogP contribution >= 0.6 is 11.3 Å². The molecule has 2 aromatic heterocycles. The fourth-order valence-corrected chi connectivity index (χ4v) is 3.04. The number of hydrogen-bond donors (Lipinski definition) is 1. The molecule has 0 saturated carbocycles. The number of anilines is 1. The number of aryl methyl sites for hydroxylation is 3. The molecule has 0 unspecified atom stereocenters. The molecule has 22 heavy (non-hydrogen) atoms. The summed E-state index contributed by atoms with van der Waals surface area (Å²) >= 11 is 1.61. The van der Waals surface area contributed by atoms with Crippen LogP contribution in [-0.4, -0.2) is 15.7 Å². The first kappa shape index (κ1) is 16.7. The molecule has 0 atom stereocenters. The smallest absolute Gasteiger partial charge is 0.262 e. The highest BCUT2D eigenvalue weighted by molar-refractivity contribution is 7.10. The van der Waals surface area contributed by atoms with Gasteiger partial charge in [0.05, 0.1) is 11.4 Å². The Hall–Kier alpha value is -1.69. The van der Waals surface area contributed by atoms with Crippen molar-refractivity contribution in [2.75, 3.05) is 5.32 Å². The minimum Gasteiger partial charge on any atom is -0.321 e. The second-order valence-corrected chi connectivity index (χ2v) is 7.65. The minimum absolute atomic E-state index is 0.00970. The summed E-state index contributed by atoms with van der Waals surface area (Å²) in [6, 6.07) is 1.87. The maximum Gasteiger partial charge on any atom is 0.262 e. The van der Waals surface area contributed by atoms with E-state index in [0.29, 0.717) is 5.69 Å². The third-order valence-electron chi connectivity index (χ3n) is 3.47. The molecule has 120 valence electrons. The van der Waals surface area contributed by atoms with E-state index < -0.39 is 11.9 Å². The molecule has 0 aliphatic rings. The second kappa shape index (κ2) is 6.20. The van der Waals surface area contributed by atoms with Gasteiger partial charge in [0.2, 0.25) is 5.95 Å².